The molecule has 0 saturated carbocycles. The van der Waals surface area contributed by atoms with Gasteiger partial charge < -0.3 is 19.5 Å². The lowest BCUT2D eigenvalue weighted by Crippen LogP contribution is -2.22. The van der Waals surface area contributed by atoms with Crippen molar-refractivity contribution < 1.29 is 28.6 Å². The van der Waals surface area contributed by atoms with Gasteiger partial charge in [0.15, 0.2) is 18.1 Å². The second-order valence-corrected chi connectivity index (χ2v) is 7.45. The van der Waals surface area contributed by atoms with Crippen molar-refractivity contribution in [1.82, 2.24) is 0 Å². The van der Waals surface area contributed by atoms with E-state index < -0.39 is 18.5 Å². The van der Waals surface area contributed by atoms with Crippen LogP contribution in [-0.2, 0) is 9.53 Å². The van der Waals surface area contributed by atoms with Gasteiger partial charge in [-0.3, -0.25) is 9.59 Å². The van der Waals surface area contributed by atoms with E-state index in [0.717, 1.165) is 0 Å². The Morgan fingerprint density at radius 1 is 0.875 bits per heavy atom. The minimum absolute atomic E-state index is 0.110. The molecule has 0 fully saturated rings. The summed E-state index contributed by atoms with van der Waals surface area (Å²) in [6, 6.07) is 14.8. The van der Waals surface area contributed by atoms with Gasteiger partial charge in [0.2, 0.25) is 5.78 Å². The molecule has 0 bridgehead atoms. The summed E-state index contributed by atoms with van der Waals surface area (Å²) in [7, 11) is 0. The van der Waals surface area contributed by atoms with E-state index in [4.69, 9.17) is 14.2 Å². The second kappa shape index (κ2) is 11.1. The lowest BCUT2D eigenvalue weighted by Gasteiger charge is -2.13. The van der Waals surface area contributed by atoms with Crippen molar-refractivity contribution >= 4 is 34.7 Å². The van der Waals surface area contributed by atoms with Gasteiger partial charge in [0, 0.05) is 17.3 Å². The zero-order valence-electron chi connectivity index (χ0n) is 17.8. The van der Waals surface area contributed by atoms with Crippen LogP contribution in [0.5, 0.6) is 11.5 Å². The molecule has 0 aliphatic carbocycles. The quantitative estimate of drug-likeness (QED) is 0.357. The highest BCUT2D eigenvalue weighted by Gasteiger charge is 2.20. The number of rotatable bonds is 10. The van der Waals surface area contributed by atoms with Gasteiger partial charge in [-0.15, -0.1) is 11.3 Å². The number of benzene rings is 2. The molecule has 32 heavy (non-hydrogen) atoms. The number of carbonyl (C=O) groups is 3. The number of nitrogens with one attached hydrogen (secondary N) is 1. The van der Waals surface area contributed by atoms with E-state index >= 15 is 0 Å². The molecule has 3 rings (SSSR count). The van der Waals surface area contributed by atoms with Crippen LogP contribution in [0.2, 0.25) is 0 Å². The summed E-state index contributed by atoms with van der Waals surface area (Å²) in [5.74, 6) is -0.458. The Morgan fingerprint density at radius 3 is 2.28 bits per heavy atom. The van der Waals surface area contributed by atoms with Gasteiger partial charge in [0.05, 0.1) is 23.7 Å². The van der Waals surface area contributed by atoms with E-state index in [2.05, 4.69) is 5.32 Å². The standard InChI is InChI=1S/C24H23NO6S/c1-3-29-19-12-11-16(14-20(19)30-4-2)25-22(26)15-31-24(28)18-9-6-5-8-17(18)23(27)21-10-7-13-32-21/h5-14H,3-4,15H2,1-2H3,(H,25,26). The summed E-state index contributed by atoms with van der Waals surface area (Å²) >= 11 is 1.29. The van der Waals surface area contributed by atoms with E-state index in [-0.39, 0.29) is 16.9 Å². The van der Waals surface area contributed by atoms with Gasteiger partial charge >= 0.3 is 5.97 Å². The third-order valence-corrected chi connectivity index (χ3v) is 5.17. The van der Waals surface area contributed by atoms with E-state index in [1.165, 1.54) is 17.4 Å². The van der Waals surface area contributed by atoms with Crippen LogP contribution < -0.4 is 14.8 Å². The summed E-state index contributed by atoms with van der Waals surface area (Å²) < 4.78 is 16.2. The van der Waals surface area contributed by atoms with Crippen molar-refractivity contribution in [1.29, 1.82) is 0 Å². The molecule has 1 N–H and O–H groups in total. The Labute approximate surface area is 189 Å². The first-order valence-corrected chi connectivity index (χ1v) is 10.9. The molecule has 2 aromatic carbocycles. The number of hydrogen-bond donors (Lipinski definition) is 1. The van der Waals surface area contributed by atoms with Crippen LogP contribution in [0.3, 0.4) is 0 Å². The zero-order valence-corrected chi connectivity index (χ0v) is 18.6. The van der Waals surface area contributed by atoms with Crippen molar-refractivity contribution in [2.75, 3.05) is 25.1 Å². The second-order valence-electron chi connectivity index (χ2n) is 6.50. The maximum absolute atomic E-state index is 12.7. The van der Waals surface area contributed by atoms with Crippen molar-refractivity contribution in [3.8, 4) is 11.5 Å². The van der Waals surface area contributed by atoms with Crippen LogP contribution >= 0.6 is 11.3 Å². The molecular formula is C24H23NO6S. The number of anilines is 1. The van der Waals surface area contributed by atoms with E-state index in [1.54, 1.807) is 53.9 Å². The third kappa shape index (κ3) is 5.73. The first-order valence-electron chi connectivity index (χ1n) is 10.1. The molecule has 1 aromatic heterocycles. The topological polar surface area (TPSA) is 90.9 Å². The van der Waals surface area contributed by atoms with Gasteiger partial charge in [-0.05, 0) is 43.5 Å². The first-order chi connectivity index (χ1) is 15.5. The highest BCUT2D eigenvalue weighted by atomic mass is 32.1. The lowest BCUT2D eigenvalue weighted by molar-refractivity contribution is -0.119. The summed E-state index contributed by atoms with van der Waals surface area (Å²) in [6.45, 7) is 4.14. The number of amides is 1. The molecule has 0 aliphatic heterocycles. The van der Waals surface area contributed by atoms with Crippen molar-refractivity contribution in [2.24, 2.45) is 0 Å². The van der Waals surface area contributed by atoms with Crippen LogP contribution in [0.15, 0.2) is 60.0 Å². The minimum atomic E-state index is -0.748. The van der Waals surface area contributed by atoms with Crippen molar-refractivity contribution in [3.05, 3.63) is 76.0 Å². The van der Waals surface area contributed by atoms with Gasteiger partial charge in [-0.25, -0.2) is 4.79 Å². The molecule has 1 heterocycles. The van der Waals surface area contributed by atoms with Crippen LogP contribution in [-0.4, -0.2) is 37.5 Å². The van der Waals surface area contributed by atoms with Gasteiger partial charge in [-0.1, -0.05) is 24.3 Å². The molecule has 8 heteroatoms. The number of hydrogen-bond acceptors (Lipinski definition) is 7. The van der Waals surface area contributed by atoms with E-state index in [9.17, 15) is 14.4 Å². The van der Waals surface area contributed by atoms with Crippen LogP contribution in [0.4, 0.5) is 5.69 Å². The predicted octanol–water partition coefficient (Wildman–Crippen LogP) is 4.57. The Balaban J connectivity index is 1.64. The smallest absolute Gasteiger partial charge is 0.339 e. The van der Waals surface area contributed by atoms with Crippen LogP contribution in [0.25, 0.3) is 0 Å². The molecular weight excluding hydrogens is 430 g/mol. The van der Waals surface area contributed by atoms with Crippen molar-refractivity contribution in [2.45, 2.75) is 13.8 Å². The highest BCUT2D eigenvalue weighted by Crippen LogP contribution is 2.30. The summed E-state index contributed by atoms with van der Waals surface area (Å²) in [6.07, 6.45) is 0. The first kappa shape index (κ1) is 23.0. The molecule has 3 aromatic rings. The molecule has 166 valence electrons. The Bertz CT molecular complexity index is 1090. The number of ether oxygens (including phenoxy) is 3. The largest absolute Gasteiger partial charge is 0.490 e. The zero-order chi connectivity index (χ0) is 22.9. The average molecular weight is 454 g/mol. The van der Waals surface area contributed by atoms with Gasteiger partial charge in [0.1, 0.15) is 0 Å². The maximum Gasteiger partial charge on any atom is 0.339 e. The highest BCUT2D eigenvalue weighted by molar-refractivity contribution is 7.12. The number of carbonyl (C=O) groups excluding carboxylic acids is 3. The Morgan fingerprint density at radius 2 is 1.59 bits per heavy atom. The molecule has 7 nitrogen and oxygen atoms in total. The fourth-order valence-electron chi connectivity index (χ4n) is 2.93. The average Bonchev–Trinajstić information content (AvgIpc) is 3.34. The molecule has 0 radical (unpaired) electrons. The summed E-state index contributed by atoms with van der Waals surface area (Å²) in [4.78, 5) is 38.1. The number of esters is 1. The number of ketones is 1. The lowest BCUT2D eigenvalue weighted by atomic mass is 10.0. The Kier molecular flexibility index (Phi) is 7.99. The molecule has 0 spiro atoms. The Hall–Kier alpha value is -3.65. The molecule has 0 aliphatic rings. The van der Waals surface area contributed by atoms with E-state index in [1.807, 2.05) is 13.8 Å². The van der Waals surface area contributed by atoms with Crippen molar-refractivity contribution in [3.63, 3.8) is 0 Å². The maximum atomic E-state index is 12.7. The molecule has 1 amide bonds. The van der Waals surface area contributed by atoms with Crippen LogP contribution in [0.1, 0.15) is 39.4 Å². The van der Waals surface area contributed by atoms with Gasteiger partial charge in [0.25, 0.3) is 5.91 Å². The fourth-order valence-corrected chi connectivity index (χ4v) is 3.61. The SMILES string of the molecule is CCOc1ccc(NC(=O)COC(=O)c2ccccc2C(=O)c2cccs2)cc1OCC. The van der Waals surface area contributed by atoms with E-state index in [0.29, 0.717) is 35.3 Å². The van der Waals surface area contributed by atoms with Gasteiger partial charge in [-0.2, -0.15) is 0 Å². The predicted molar refractivity (Wildman–Crippen MR) is 122 cm³/mol. The fraction of sp³-hybridized carbons (Fsp3) is 0.208. The molecule has 0 unspecified atom stereocenters. The number of thiophene rings is 1. The summed E-state index contributed by atoms with van der Waals surface area (Å²) in [5, 5.41) is 4.45. The van der Waals surface area contributed by atoms with Crippen LogP contribution in [0, 0.1) is 0 Å². The summed E-state index contributed by atoms with van der Waals surface area (Å²) in [5.41, 5.74) is 0.817. The third-order valence-electron chi connectivity index (χ3n) is 4.30. The molecule has 0 atom stereocenters. The monoisotopic (exact) mass is 453 g/mol. The normalized spacial score (nSPS) is 10.3. The molecule has 0 saturated heterocycles. The minimum Gasteiger partial charge on any atom is -0.490 e.